The van der Waals surface area contributed by atoms with E-state index in [0.717, 1.165) is 30.2 Å². The van der Waals surface area contributed by atoms with Gasteiger partial charge in [0.25, 0.3) is 0 Å². The summed E-state index contributed by atoms with van der Waals surface area (Å²) in [5.74, 6) is 2.82. The average molecular weight is 333 g/mol. The zero-order valence-electron chi connectivity index (χ0n) is 15.8. The Kier molecular flexibility index (Phi) is 6.18. The number of piperidine rings is 2. The number of nitrogens with one attached hydrogen (secondary N) is 2. The molecule has 2 fully saturated rings. The maximum atomic E-state index is 5.54. The van der Waals surface area contributed by atoms with E-state index in [1.807, 2.05) is 11.8 Å². The molecule has 0 spiro atoms. The number of quaternary nitrogens is 2. The van der Waals surface area contributed by atoms with Gasteiger partial charge in [-0.1, -0.05) is 13.8 Å². The van der Waals surface area contributed by atoms with Crippen LogP contribution >= 0.6 is 0 Å². The van der Waals surface area contributed by atoms with Crippen molar-refractivity contribution in [3.8, 4) is 5.75 Å². The van der Waals surface area contributed by atoms with Crippen LogP contribution in [-0.4, -0.2) is 38.8 Å². The predicted molar refractivity (Wildman–Crippen MR) is 98.7 cm³/mol. The molecule has 1 aromatic rings. The number of benzene rings is 1. The molecular formula is C21H36N2O+2. The molecule has 0 unspecified atom stereocenters. The monoisotopic (exact) mass is 332 g/mol. The molecule has 3 nitrogen and oxygen atoms in total. The largest absolute Gasteiger partial charge is 0.494 e. The third-order valence-corrected chi connectivity index (χ3v) is 5.98. The highest BCUT2D eigenvalue weighted by atomic mass is 16.5. The molecule has 2 aliphatic rings. The van der Waals surface area contributed by atoms with E-state index in [1.165, 1.54) is 57.5 Å². The Labute approximate surface area is 148 Å². The van der Waals surface area contributed by atoms with Gasteiger partial charge in [-0.3, -0.25) is 0 Å². The van der Waals surface area contributed by atoms with E-state index in [1.54, 1.807) is 4.90 Å². The zero-order valence-corrected chi connectivity index (χ0v) is 15.8. The van der Waals surface area contributed by atoms with Gasteiger partial charge in [0.1, 0.15) is 12.3 Å². The summed E-state index contributed by atoms with van der Waals surface area (Å²) in [6, 6.07) is 9.63. The number of rotatable bonds is 5. The number of hydrogen-bond acceptors (Lipinski definition) is 1. The fourth-order valence-electron chi connectivity index (χ4n) is 4.94. The van der Waals surface area contributed by atoms with Gasteiger partial charge in [-0.05, 0) is 37.6 Å². The molecule has 0 saturated carbocycles. The van der Waals surface area contributed by atoms with Gasteiger partial charge < -0.3 is 14.5 Å². The SMILES string of the molecule is CCOc1ccc(C[NH+]2CCC([NH+]3C[C@@H](C)C[C@H](C)C3)CC2)cc1. The van der Waals surface area contributed by atoms with Crippen LogP contribution in [0.4, 0.5) is 0 Å². The number of hydrogen-bond donors (Lipinski definition) is 2. The number of ether oxygens (including phenoxy) is 1. The van der Waals surface area contributed by atoms with Crippen LogP contribution in [0.25, 0.3) is 0 Å². The van der Waals surface area contributed by atoms with Crippen molar-refractivity contribution in [1.29, 1.82) is 0 Å². The summed E-state index contributed by atoms with van der Waals surface area (Å²) in [6.07, 6.45) is 4.24. The molecule has 2 heterocycles. The Morgan fingerprint density at radius 1 is 1.00 bits per heavy atom. The Bertz CT molecular complexity index is 483. The van der Waals surface area contributed by atoms with Crippen molar-refractivity contribution in [2.75, 3.05) is 32.8 Å². The Morgan fingerprint density at radius 2 is 1.62 bits per heavy atom. The molecule has 0 amide bonds. The molecule has 0 bridgehead atoms. The molecule has 0 aromatic heterocycles. The molecule has 2 N–H and O–H groups in total. The van der Waals surface area contributed by atoms with Gasteiger partial charge in [-0.25, -0.2) is 0 Å². The van der Waals surface area contributed by atoms with E-state index in [9.17, 15) is 0 Å². The van der Waals surface area contributed by atoms with E-state index in [4.69, 9.17) is 4.74 Å². The lowest BCUT2D eigenvalue weighted by molar-refractivity contribution is -0.969. The van der Waals surface area contributed by atoms with E-state index >= 15 is 0 Å². The molecular weight excluding hydrogens is 296 g/mol. The van der Waals surface area contributed by atoms with Gasteiger partial charge >= 0.3 is 0 Å². The molecule has 24 heavy (non-hydrogen) atoms. The summed E-state index contributed by atoms with van der Waals surface area (Å²) in [4.78, 5) is 3.66. The van der Waals surface area contributed by atoms with Gasteiger partial charge in [-0.2, -0.15) is 0 Å². The maximum Gasteiger partial charge on any atom is 0.119 e. The Morgan fingerprint density at radius 3 is 2.21 bits per heavy atom. The van der Waals surface area contributed by atoms with Crippen LogP contribution in [0.2, 0.25) is 0 Å². The molecule has 0 aliphatic carbocycles. The van der Waals surface area contributed by atoms with Crippen LogP contribution in [0.1, 0.15) is 45.6 Å². The average Bonchev–Trinajstić information content (AvgIpc) is 2.57. The van der Waals surface area contributed by atoms with Crippen molar-refractivity contribution in [1.82, 2.24) is 0 Å². The minimum absolute atomic E-state index is 0.744. The van der Waals surface area contributed by atoms with Gasteiger partial charge in [-0.15, -0.1) is 0 Å². The van der Waals surface area contributed by atoms with Gasteiger partial charge in [0.05, 0.1) is 38.8 Å². The van der Waals surface area contributed by atoms with Crippen molar-refractivity contribution >= 4 is 0 Å². The van der Waals surface area contributed by atoms with Gasteiger partial charge in [0.15, 0.2) is 0 Å². The lowest BCUT2D eigenvalue weighted by Gasteiger charge is -2.39. The quantitative estimate of drug-likeness (QED) is 0.829. The molecule has 2 aliphatic heterocycles. The highest BCUT2D eigenvalue weighted by Crippen LogP contribution is 2.14. The summed E-state index contributed by atoms with van der Waals surface area (Å²) in [5.41, 5.74) is 1.44. The van der Waals surface area contributed by atoms with Crippen molar-refractivity contribution in [2.24, 2.45) is 11.8 Å². The predicted octanol–water partition coefficient (Wildman–Crippen LogP) is 1.19. The standard InChI is InChI=1S/C21H34N2O/c1-4-24-21-7-5-19(6-8-21)16-22-11-9-20(10-12-22)23-14-17(2)13-18(3)15-23/h5-8,17-18,20H,4,9-16H2,1-3H3/p+2/t17-,18-/m0/s1. The zero-order chi connectivity index (χ0) is 16.9. The van der Waals surface area contributed by atoms with E-state index in [-0.39, 0.29) is 0 Å². The number of likely N-dealkylation sites (tertiary alicyclic amines) is 2. The van der Waals surface area contributed by atoms with Crippen LogP contribution in [-0.2, 0) is 6.54 Å². The summed E-state index contributed by atoms with van der Waals surface area (Å²) < 4.78 is 5.54. The van der Waals surface area contributed by atoms with Crippen LogP contribution in [0.5, 0.6) is 5.75 Å². The molecule has 3 heteroatoms. The molecule has 0 radical (unpaired) electrons. The smallest absolute Gasteiger partial charge is 0.119 e. The fraction of sp³-hybridized carbons (Fsp3) is 0.714. The summed E-state index contributed by atoms with van der Waals surface area (Å²) in [5, 5.41) is 0. The van der Waals surface area contributed by atoms with E-state index in [2.05, 4.69) is 38.1 Å². The third kappa shape index (κ3) is 4.73. The summed E-state index contributed by atoms with van der Waals surface area (Å²) in [7, 11) is 0. The second-order valence-electron chi connectivity index (χ2n) is 8.29. The van der Waals surface area contributed by atoms with Gasteiger partial charge in [0.2, 0.25) is 0 Å². The van der Waals surface area contributed by atoms with Crippen molar-refractivity contribution < 1.29 is 14.5 Å². The van der Waals surface area contributed by atoms with Crippen LogP contribution in [0.15, 0.2) is 24.3 Å². The lowest BCUT2D eigenvalue weighted by atomic mass is 9.89. The third-order valence-electron chi connectivity index (χ3n) is 5.98. The van der Waals surface area contributed by atoms with E-state index in [0.29, 0.717) is 0 Å². The lowest BCUT2D eigenvalue weighted by Crippen LogP contribution is -3.21. The van der Waals surface area contributed by atoms with Crippen LogP contribution in [0.3, 0.4) is 0 Å². The van der Waals surface area contributed by atoms with Gasteiger partial charge in [0, 0.05) is 30.2 Å². The molecule has 2 atom stereocenters. The highest BCUT2D eigenvalue weighted by Gasteiger charge is 2.34. The second kappa shape index (κ2) is 8.35. The minimum atomic E-state index is 0.744. The first-order valence-electron chi connectivity index (χ1n) is 10.0. The molecule has 2 saturated heterocycles. The topological polar surface area (TPSA) is 18.1 Å². The first-order valence-corrected chi connectivity index (χ1v) is 10.0. The summed E-state index contributed by atoms with van der Waals surface area (Å²) >= 11 is 0. The molecule has 134 valence electrons. The van der Waals surface area contributed by atoms with Crippen molar-refractivity contribution in [2.45, 2.75) is 52.6 Å². The normalized spacial score (nSPS) is 34.0. The Balaban J connectivity index is 1.46. The first kappa shape index (κ1) is 17.8. The Hall–Kier alpha value is -1.06. The minimum Gasteiger partial charge on any atom is -0.494 e. The molecule has 3 rings (SSSR count). The maximum absolute atomic E-state index is 5.54. The van der Waals surface area contributed by atoms with E-state index < -0.39 is 0 Å². The summed E-state index contributed by atoms with van der Waals surface area (Å²) in [6.45, 7) is 14.3. The van der Waals surface area contributed by atoms with Crippen molar-refractivity contribution in [3.05, 3.63) is 29.8 Å². The van der Waals surface area contributed by atoms with Crippen LogP contribution < -0.4 is 14.5 Å². The van der Waals surface area contributed by atoms with Crippen LogP contribution in [0, 0.1) is 11.8 Å². The first-order chi connectivity index (χ1) is 11.6. The second-order valence-corrected chi connectivity index (χ2v) is 8.29. The molecule has 1 aromatic carbocycles. The van der Waals surface area contributed by atoms with Crippen molar-refractivity contribution in [3.63, 3.8) is 0 Å². The fourth-order valence-corrected chi connectivity index (χ4v) is 4.94. The highest BCUT2D eigenvalue weighted by molar-refractivity contribution is 5.26.